The fraction of sp³-hybridized carbons (Fsp3) is 0.263. The first kappa shape index (κ1) is 18.2. The van der Waals surface area contributed by atoms with Crippen LogP contribution in [0.1, 0.15) is 23.6 Å². The molecule has 0 radical (unpaired) electrons. The molecule has 2 rings (SSSR count). The summed E-state index contributed by atoms with van der Waals surface area (Å²) in [6.07, 6.45) is 0. The van der Waals surface area contributed by atoms with Gasteiger partial charge in [0.2, 0.25) is 11.8 Å². The third-order valence-electron chi connectivity index (χ3n) is 3.87. The van der Waals surface area contributed by atoms with Crippen molar-refractivity contribution >= 4 is 39.1 Å². The lowest BCUT2D eigenvalue weighted by Crippen LogP contribution is -2.36. The number of anilines is 2. The molecule has 0 heterocycles. The monoisotopic (exact) mass is 388 g/mol. The first-order chi connectivity index (χ1) is 11.3. The minimum absolute atomic E-state index is 0.0378. The molecule has 2 amide bonds. The Bertz CT molecular complexity index is 787. The summed E-state index contributed by atoms with van der Waals surface area (Å²) in [4.78, 5) is 25.8. The number of rotatable bonds is 4. The van der Waals surface area contributed by atoms with Gasteiger partial charge >= 0.3 is 0 Å². The van der Waals surface area contributed by atoms with E-state index in [9.17, 15) is 9.59 Å². The summed E-state index contributed by atoms with van der Waals surface area (Å²) in [6.45, 7) is 7.40. The van der Waals surface area contributed by atoms with Crippen LogP contribution in [0.25, 0.3) is 0 Å². The Morgan fingerprint density at radius 2 is 1.75 bits per heavy atom. The van der Waals surface area contributed by atoms with E-state index in [0.717, 1.165) is 21.3 Å². The van der Waals surface area contributed by atoms with E-state index in [4.69, 9.17) is 0 Å². The minimum atomic E-state index is -0.235. The molecule has 126 valence electrons. The van der Waals surface area contributed by atoms with E-state index in [2.05, 4.69) is 21.2 Å². The molecule has 0 unspecified atom stereocenters. The molecule has 0 aromatic heterocycles. The molecule has 1 N–H and O–H groups in total. The summed E-state index contributed by atoms with van der Waals surface area (Å²) >= 11 is 3.46. The number of amides is 2. The van der Waals surface area contributed by atoms with Gasteiger partial charge in [-0.2, -0.15) is 0 Å². The summed E-state index contributed by atoms with van der Waals surface area (Å²) in [5.41, 5.74) is 4.77. The van der Waals surface area contributed by atoms with E-state index < -0.39 is 0 Å². The molecular formula is C19H21BrN2O2. The predicted octanol–water partition coefficient (Wildman–Crippen LogP) is 4.37. The molecule has 0 aliphatic rings. The number of carbonyl (C=O) groups is 2. The van der Waals surface area contributed by atoms with Gasteiger partial charge in [-0.25, -0.2) is 0 Å². The highest BCUT2D eigenvalue weighted by Gasteiger charge is 2.18. The lowest BCUT2D eigenvalue weighted by Gasteiger charge is -2.22. The number of nitrogens with one attached hydrogen (secondary N) is 1. The maximum Gasteiger partial charge on any atom is 0.244 e. The van der Waals surface area contributed by atoms with Gasteiger partial charge in [0.1, 0.15) is 6.54 Å². The molecule has 2 aromatic carbocycles. The molecule has 0 bridgehead atoms. The fourth-order valence-corrected chi connectivity index (χ4v) is 3.07. The van der Waals surface area contributed by atoms with Gasteiger partial charge in [0.05, 0.1) is 5.69 Å². The standard InChI is InChI=1S/C19H21BrN2O2/c1-12-5-8-18(17(20)9-12)22(15(4)23)11-19(24)21-16-7-6-13(2)14(3)10-16/h5-10H,11H2,1-4H3,(H,21,24). The Labute approximate surface area is 151 Å². The summed E-state index contributed by atoms with van der Waals surface area (Å²) in [7, 11) is 0. The second-order valence-corrected chi connectivity index (χ2v) is 6.76. The fourth-order valence-electron chi connectivity index (χ4n) is 2.36. The van der Waals surface area contributed by atoms with Crippen LogP contribution in [-0.2, 0) is 9.59 Å². The van der Waals surface area contributed by atoms with Crippen molar-refractivity contribution < 1.29 is 9.59 Å². The zero-order valence-corrected chi connectivity index (χ0v) is 15.9. The van der Waals surface area contributed by atoms with E-state index >= 15 is 0 Å². The molecular weight excluding hydrogens is 368 g/mol. The van der Waals surface area contributed by atoms with Crippen molar-refractivity contribution in [3.8, 4) is 0 Å². The average Bonchev–Trinajstić information content (AvgIpc) is 2.49. The molecule has 0 aliphatic carbocycles. The summed E-state index contributed by atoms with van der Waals surface area (Å²) < 4.78 is 0.789. The second-order valence-electron chi connectivity index (χ2n) is 5.91. The van der Waals surface area contributed by atoms with E-state index in [1.165, 1.54) is 17.4 Å². The van der Waals surface area contributed by atoms with Crippen LogP contribution in [0.5, 0.6) is 0 Å². The third kappa shape index (κ3) is 4.45. The van der Waals surface area contributed by atoms with Crippen LogP contribution in [0.15, 0.2) is 40.9 Å². The highest BCUT2D eigenvalue weighted by Crippen LogP contribution is 2.27. The highest BCUT2D eigenvalue weighted by atomic mass is 79.9. The van der Waals surface area contributed by atoms with Crippen LogP contribution < -0.4 is 10.2 Å². The zero-order chi connectivity index (χ0) is 17.9. The average molecular weight is 389 g/mol. The van der Waals surface area contributed by atoms with Gasteiger partial charge in [0.25, 0.3) is 0 Å². The molecule has 0 fully saturated rings. The van der Waals surface area contributed by atoms with E-state index in [1.807, 2.05) is 57.2 Å². The SMILES string of the molecule is CC(=O)N(CC(=O)Nc1ccc(C)c(C)c1)c1ccc(C)cc1Br. The van der Waals surface area contributed by atoms with Crippen molar-refractivity contribution in [1.82, 2.24) is 0 Å². The molecule has 0 saturated heterocycles. The van der Waals surface area contributed by atoms with Crippen molar-refractivity contribution in [1.29, 1.82) is 0 Å². The molecule has 0 spiro atoms. The molecule has 4 nitrogen and oxygen atoms in total. The number of halogens is 1. The number of hydrogen-bond donors (Lipinski definition) is 1. The smallest absolute Gasteiger partial charge is 0.244 e. The Hall–Kier alpha value is -2.14. The van der Waals surface area contributed by atoms with Crippen molar-refractivity contribution in [2.75, 3.05) is 16.8 Å². The normalized spacial score (nSPS) is 10.4. The van der Waals surface area contributed by atoms with Crippen molar-refractivity contribution in [2.45, 2.75) is 27.7 Å². The molecule has 5 heteroatoms. The van der Waals surface area contributed by atoms with Gasteiger partial charge in [-0.1, -0.05) is 12.1 Å². The number of benzene rings is 2. The van der Waals surface area contributed by atoms with E-state index in [0.29, 0.717) is 5.69 Å². The van der Waals surface area contributed by atoms with Gasteiger partial charge < -0.3 is 10.2 Å². The Balaban J connectivity index is 2.16. The Morgan fingerprint density at radius 3 is 2.33 bits per heavy atom. The molecule has 0 atom stereocenters. The van der Waals surface area contributed by atoms with Gasteiger partial charge in [-0.3, -0.25) is 9.59 Å². The van der Waals surface area contributed by atoms with E-state index in [1.54, 1.807) is 0 Å². The Morgan fingerprint density at radius 1 is 1.04 bits per heavy atom. The summed E-state index contributed by atoms with van der Waals surface area (Å²) in [5, 5.41) is 2.85. The minimum Gasteiger partial charge on any atom is -0.325 e. The molecule has 24 heavy (non-hydrogen) atoms. The third-order valence-corrected chi connectivity index (χ3v) is 4.50. The second kappa shape index (κ2) is 7.62. The van der Waals surface area contributed by atoms with Crippen LogP contribution in [0.3, 0.4) is 0 Å². The molecule has 0 aliphatic heterocycles. The first-order valence-electron chi connectivity index (χ1n) is 7.69. The van der Waals surface area contributed by atoms with Crippen molar-refractivity contribution in [3.05, 3.63) is 57.6 Å². The number of carbonyl (C=O) groups excluding carboxylic acids is 2. The van der Waals surface area contributed by atoms with Gasteiger partial charge in [0.15, 0.2) is 0 Å². The van der Waals surface area contributed by atoms with Crippen LogP contribution in [0, 0.1) is 20.8 Å². The van der Waals surface area contributed by atoms with Crippen LogP contribution >= 0.6 is 15.9 Å². The predicted molar refractivity (Wildman–Crippen MR) is 101 cm³/mol. The van der Waals surface area contributed by atoms with Crippen LogP contribution in [0.2, 0.25) is 0 Å². The van der Waals surface area contributed by atoms with Gasteiger partial charge in [-0.15, -0.1) is 0 Å². The summed E-state index contributed by atoms with van der Waals surface area (Å²) in [6, 6.07) is 11.4. The van der Waals surface area contributed by atoms with Crippen LogP contribution in [0.4, 0.5) is 11.4 Å². The zero-order valence-electron chi connectivity index (χ0n) is 14.3. The lowest BCUT2D eigenvalue weighted by atomic mass is 10.1. The first-order valence-corrected chi connectivity index (χ1v) is 8.48. The number of aryl methyl sites for hydroxylation is 3. The van der Waals surface area contributed by atoms with E-state index in [-0.39, 0.29) is 18.4 Å². The lowest BCUT2D eigenvalue weighted by molar-refractivity contribution is -0.120. The molecule has 2 aromatic rings. The maximum absolute atomic E-state index is 12.4. The van der Waals surface area contributed by atoms with Crippen molar-refractivity contribution in [2.24, 2.45) is 0 Å². The Kier molecular flexibility index (Phi) is 5.78. The number of hydrogen-bond acceptors (Lipinski definition) is 2. The maximum atomic E-state index is 12.4. The topological polar surface area (TPSA) is 49.4 Å². The van der Waals surface area contributed by atoms with Gasteiger partial charge in [0, 0.05) is 17.1 Å². The van der Waals surface area contributed by atoms with Crippen molar-refractivity contribution in [3.63, 3.8) is 0 Å². The summed E-state index contributed by atoms with van der Waals surface area (Å²) in [5.74, 6) is -0.421. The van der Waals surface area contributed by atoms with Crippen LogP contribution in [-0.4, -0.2) is 18.4 Å². The molecule has 0 saturated carbocycles. The van der Waals surface area contributed by atoms with Gasteiger partial charge in [-0.05, 0) is 77.7 Å². The largest absolute Gasteiger partial charge is 0.325 e. The highest BCUT2D eigenvalue weighted by molar-refractivity contribution is 9.10. The number of nitrogens with zero attached hydrogens (tertiary/aromatic N) is 1. The quantitative estimate of drug-likeness (QED) is 0.845.